The molecule has 7 N–H and O–H groups in total. The van der Waals surface area contributed by atoms with Crippen molar-refractivity contribution in [3.8, 4) is 0 Å². The average Bonchev–Trinajstić information content (AvgIpc) is 3.38. The van der Waals surface area contributed by atoms with Gasteiger partial charge in [0, 0.05) is 16.4 Å². The molecule has 0 unspecified atom stereocenters. The summed E-state index contributed by atoms with van der Waals surface area (Å²) in [6.07, 6.45) is -4.47. The molecule has 18 atom stereocenters. The lowest BCUT2D eigenvalue weighted by molar-refractivity contribution is -0.325. The zero-order valence-corrected chi connectivity index (χ0v) is 32.9. The van der Waals surface area contributed by atoms with Crippen molar-refractivity contribution in [2.24, 2.45) is 50.2 Å². The van der Waals surface area contributed by atoms with Crippen LogP contribution in [0.4, 0.5) is 0 Å². The number of carboxylic acid groups (broad SMARTS) is 1. The Morgan fingerprint density at radius 3 is 2.22 bits per heavy atom. The van der Waals surface area contributed by atoms with E-state index in [0.717, 1.165) is 31.3 Å². The molecule has 2 heterocycles. The first-order chi connectivity index (χ1) is 25.1. The molecule has 2 saturated heterocycles. The average molecular weight is 763 g/mol. The van der Waals surface area contributed by atoms with Crippen molar-refractivity contribution in [1.82, 2.24) is 0 Å². The second kappa shape index (κ2) is 13.0. The summed E-state index contributed by atoms with van der Waals surface area (Å²) in [5.41, 5.74) is -2.28. The van der Waals surface area contributed by atoms with E-state index in [9.17, 15) is 45.3 Å². The SMILES string of the molecule is C/C=C(/C)C(=O)OC[C@]12[C@@H]3O[C@H]([C@@H]1O)[C@](C)(CO)C[C@H]2C1=CC[C@@H]2[C@@]4(C)CC[C@H](O[C@@H]5O[C@H](C(=O)O)[C@@H](O)[C@H](O)[C@H]5O)C(C)(C)[C@@H]4CC[C@@]2(C)[C@]1(C)[C@H]3O. The second-order valence-electron chi connectivity index (χ2n) is 19.5. The number of hydrogen-bond acceptors (Lipinski definition) is 12. The number of ether oxygens (including phenoxy) is 4. The Labute approximate surface area is 317 Å². The van der Waals surface area contributed by atoms with E-state index in [1.165, 1.54) is 0 Å². The highest BCUT2D eigenvalue weighted by atomic mass is 16.7. The molecule has 0 aromatic heterocycles. The van der Waals surface area contributed by atoms with Crippen molar-refractivity contribution in [2.75, 3.05) is 13.2 Å². The first-order valence-electron chi connectivity index (χ1n) is 19.8. The van der Waals surface area contributed by atoms with E-state index in [1.54, 1.807) is 19.9 Å². The fraction of sp³-hybridized carbons (Fsp3) is 0.854. The summed E-state index contributed by atoms with van der Waals surface area (Å²) >= 11 is 0. The highest BCUT2D eigenvalue weighted by Gasteiger charge is 2.79. The van der Waals surface area contributed by atoms with Crippen molar-refractivity contribution < 1.29 is 64.3 Å². The predicted octanol–water partition coefficient (Wildman–Crippen LogP) is 2.48. The van der Waals surface area contributed by atoms with Crippen molar-refractivity contribution in [2.45, 2.75) is 155 Å². The number of carbonyl (C=O) groups excluding carboxylic acids is 1. The van der Waals surface area contributed by atoms with E-state index in [-0.39, 0.29) is 36.4 Å². The van der Waals surface area contributed by atoms with Crippen LogP contribution >= 0.6 is 0 Å². The number of carbonyl (C=O) groups is 2. The van der Waals surface area contributed by atoms with Crippen LogP contribution in [-0.4, -0.2) is 122 Å². The Bertz CT molecular complexity index is 1590. The summed E-state index contributed by atoms with van der Waals surface area (Å²) < 4.78 is 24.6. The Balaban J connectivity index is 1.23. The van der Waals surface area contributed by atoms with Crippen molar-refractivity contribution in [3.05, 3.63) is 23.3 Å². The van der Waals surface area contributed by atoms with E-state index < -0.39 is 100 Å². The first-order valence-corrected chi connectivity index (χ1v) is 19.8. The molecular formula is C41H62O13. The molecule has 304 valence electrons. The Morgan fingerprint density at radius 1 is 0.907 bits per heavy atom. The quantitative estimate of drug-likeness (QED) is 0.0861. The first kappa shape index (κ1) is 40.3. The molecule has 0 amide bonds. The van der Waals surface area contributed by atoms with Crippen LogP contribution in [0.15, 0.2) is 23.3 Å². The van der Waals surface area contributed by atoms with Crippen LogP contribution < -0.4 is 0 Å². The fourth-order valence-corrected chi connectivity index (χ4v) is 13.5. The van der Waals surface area contributed by atoms with Gasteiger partial charge in [-0.3, -0.25) is 0 Å². The lowest BCUT2D eigenvalue weighted by atomic mass is 9.33. The van der Waals surface area contributed by atoms with Gasteiger partial charge in [0.25, 0.3) is 0 Å². The maximum Gasteiger partial charge on any atom is 0.335 e. The van der Waals surface area contributed by atoms with Gasteiger partial charge in [-0.15, -0.1) is 0 Å². The largest absolute Gasteiger partial charge is 0.479 e. The summed E-state index contributed by atoms with van der Waals surface area (Å²) in [7, 11) is 0. The minimum Gasteiger partial charge on any atom is -0.479 e. The smallest absolute Gasteiger partial charge is 0.335 e. The molecule has 0 spiro atoms. The minimum atomic E-state index is -1.80. The van der Waals surface area contributed by atoms with Crippen LogP contribution in [0.5, 0.6) is 0 Å². The maximum absolute atomic E-state index is 13.0. The predicted molar refractivity (Wildman–Crippen MR) is 192 cm³/mol. The monoisotopic (exact) mass is 762 g/mol. The van der Waals surface area contributed by atoms with Gasteiger partial charge < -0.3 is 54.7 Å². The van der Waals surface area contributed by atoms with Crippen molar-refractivity contribution >= 4 is 11.9 Å². The number of aliphatic hydroxyl groups excluding tert-OH is 6. The molecule has 7 aliphatic rings. The van der Waals surface area contributed by atoms with Gasteiger partial charge in [-0.1, -0.05) is 59.3 Å². The number of fused-ring (bicyclic) bond motifs is 7. The fourth-order valence-electron chi connectivity index (χ4n) is 13.5. The summed E-state index contributed by atoms with van der Waals surface area (Å²) in [6, 6.07) is 0. The molecule has 2 bridgehead atoms. The van der Waals surface area contributed by atoms with Gasteiger partial charge in [0.15, 0.2) is 12.4 Å². The van der Waals surface area contributed by atoms with E-state index in [2.05, 4.69) is 40.7 Å². The molecule has 7 rings (SSSR count). The highest BCUT2D eigenvalue weighted by molar-refractivity contribution is 5.87. The molecule has 13 nitrogen and oxygen atoms in total. The molecule has 2 aliphatic heterocycles. The summed E-state index contributed by atoms with van der Waals surface area (Å²) in [5, 5.41) is 76.8. The van der Waals surface area contributed by atoms with Gasteiger partial charge in [-0.25, -0.2) is 9.59 Å². The van der Waals surface area contributed by atoms with Gasteiger partial charge in [-0.05, 0) is 86.4 Å². The Hall–Kier alpha value is -1.94. The molecule has 54 heavy (non-hydrogen) atoms. The Morgan fingerprint density at radius 2 is 1.59 bits per heavy atom. The van der Waals surface area contributed by atoms with E-state index in [1.807, 2.05) is 6.92 Å². The third-order valence-electron chi connectivity index (χ3n) is 16.9. The maximum atomic E-state index is 13.0. The molecular weight excluding hydrogens is 700 g/mol. The lowest BCUT2D eigenvalue weighted by Crippen LogP contribution is -2.72. The van der Waals surface area contributed by atoms with E-state index in [0.29, 0.717) is 18.4 Å². The number of rotatable bonds is 7. The van der Waals surface area contributed by atoms with Gasteiger partial charge in [0.2, 0.25) is 0 Å². The van der Waals surface area contributed by atoms with Crippen LogP contribution in [0.1, 0.15) is 93.9 Å². The van der Waals surface area contributed by atoms with Crippen LogP contribution in [0.2, 0.25) is 0 Å². The molecule has 5 aliphatic carbocycles. The third-order valence-corrected chi connectivity index (χ3v) is 16.9. The third kappa shape index (κ3) is 5.08. The number of allylic oxidation sites excluding steroid dienone is 2. The van der Waals surface area contributed by atoms with Crippen LogP contribution in [0.3, 0.4) is 0 Å². The van der Waals surface area contributed by atoms with Gasteiger partial charge in [0.1, 0.15) is 24.9 Å². The molecule has 4 saturated carbocycles. The Kier molecular flexibility index (Phi) is 9.72. The van der Waals surface area contributed by atoms with Crippen molar-refractivity contribution in [1.29, 1.82) is 0 Å². The van der Waals surface area contributed by atoms with E-state index >= 15 is 0 Å². The molecule has 6 fully saturated rings. The van der Waals surface area contributed by atoms with Crippen molar-refractivity contribution in [3.63, 3.8) is 0 Å². The summed E-state index contributed by atoms with van der Waals surface area (Å²) in [5.74, 6) is -2.02. The number of aliphatic carboxylic acids is 1. The molecule has 0 aromatic rings. The highest BCUT2D eigenvalue weighted by Crippen LogP contribution is 2.77. The summed E-state index contributed by atoms with van der Waals surface area (Å²) in [4.78, 5) is 24.8. The normalized spacial score (nSPS) is 53.4. The topological polar surface area (TPSA) is 213 Å². The molecule has 0 aromatic carbocycles. The number of carboxylic acids is 1. The molecule has 0 radical (unpaired) electrons. The van der Waals surface area contributed by atoms with Gasteiger partial charge in [0.05, 0.1) is 42.5 Å². The van der Waals surface area contributed by atoms with E-state index in [4.69, 9.17) is 18.9 Å². The lowest BCUT2D eigenvalue weighted by Gasteiger charge is -2.72. The van der Waals surface area contributed by atoms with Crippen LogP contribution in [0.25, 0.3) is 0 Å². The van der Waals surface area contributed by atoms with Gasteiger partial charge in [-0.2, -0.15) is 0 Å². The second-order valence-corrected chi connectivity index (χ2v) is 19.5. The minimum absolute atomic E-state index is 0.117. The standard InChI is InChI=1S/C41H62O13/c1-9-19(2)34(50)51-18-41-21-16-37(5,17-42)31(30(41)47)54-32(41)29(46)40(8)20(21)10-11-23-38(6)14-13-24(36(3,4)22(38)12-15-39(23,40)7)52-35-27(45)25(43)26(44)28(53-35)33(48)49/h9-10,21-32,35,42-47H,11-18H2,1-8H3,(H,48,49)/b19-9-/t21-,22-,23+,24-,25-,26-,27+,28-,29-,30-,31+,32+,35+,37-,38-,39+,40-,41+/m0/s1. The zero-order valence-electron chi connectivity index (χ0n) is 32.9. The number of hydrogen-bond donors (Lipinski definition) is 7. The summed E-state index contributed by atoms with van der Waals surface area (Å²) in [6.45, 7) is 16.1. The number of aliphatic hydroxyl groups is 6. The number of esters is 1. The van der Waals surface area contributed by atoms with Crippen LogP contribution in [-0.2, 0) is 28.5 Å². The zero-order chi connectivity index (χ0) is 39.7. The van der Waals surface area contributed by atoms with Gasteiger partial charge >= 0.3 is 11.9 Å². The molecule has 13 heteroatoms. The van der Waals surface area contributed by atoms with Crippen LogP contribution in [0, 0.1) is 50.2 Å².